The molecule has 1 atom stereocenters. The lowest BCUT2D eigenvalue weighted by Crippen LogP contribution is -2.40. The normalized spacial score (nSPS) is 17.2. The average Bonchev–Trinajstić information content (AvgIpc) is 2.55. The molecule has 1 aromatic carbocycles. The number of piperidine rings is 1. The summed E-state index contributed by atoms with van der Waals surface area (Å²) in [6.07, 6.45) is 2.48. The van der Waals surface area contributed by atoms with Gasteiger partial charge in [-0.1, -0.05) is 6.92 Å². The smallest absolute Gasteiger partial charge is 0.321 e. The molecule has 5 nitrogen and oxygen atoms in total. The minimum Gasteiger partial charge on any atom is -0.394 e. The molecule has 0 radical (unpaired) electrons. The first-order valence-electron chi connectivity index (χ1n) is 8.01. The Labute approximate surface area is 132 Å². The number of likely N-dealkylation sites (N-methyl/N-ethyl adjacent to an activating group) is 1. The van der Waals surface area contributed by atoms with E-state index in [1.807, 2.05) is 12.1 Å². The highest BCUT2D eigenvalue weighted by Crippen LogP contribution is 2.24. The van der Waals surface area contributed by atoms with E-state index in [1.54, 1.807) is 14.0 Å². The van der Waals surface area contributed by atoms with Gasteiger partial charge in [0.1, 0.15) is 0 Å². The number of carbonyl (C=O) groups excluding carboxylic acids is 1. The van der Waals surface area contributed by atoms with Crippen LogP contribution in [-0.4, -0.2) is 48.8 Å². The SMILES string of the molecule is CC1CCN(c2ccc(NC(=O)N(C)C(C)CO)cc2)CC1. The van der Waals surface area contributed by atoms with Crippen molar-refractivity contribution in [3.05, 3.63) is 24.3 Å². The number of carbonyl (C=O) groups is 1. The fourth-order valence-electron chi connectivity index (χ4n) is 2.56. The summed E-state index contributed by atoms with van der Waals surface area (Å²) < 4.78 is 0. The standard InChI is InChI=1S/C17H27N3O2/c1-13-8-10-20(11-9-13)16-6-4-15(5-7-16)18-17(22)19(3)14(2)12-21/h4-7,13-14,21H,8-12H2,1-3H3,(H,18,22). The second-order valence-electron chi connectivity index (χ2n) is 6.29. The zero-order valence-corrected chi connectivity index (χ0v) is 13.7. The van der Waals surface area contributed by atoms with Gasteiger partial charge in [-0.05, 0) is 49.9 Å². The van der Waals surface area contributed by atoms with Gasteiger partial charge in [-0.3, -0.25) is 0 Å². The number of benzene rings is 1. The first kappa shape index (κ1) is 16.6. The predicted octanol–water partition coefficient (Wildman–Crippen LogP) is 2.77. The number of urea groups is 1. The van der Waals surface area contributed by atoms with E-state index in [4.69, 9.17) is 5.11 Å². The first-order chi connectivity index (χ1) is 10.5. The topological polar surface area (TPSA) is 55.8 Å². The zero-order valence-electron chi connectivity index (χ0n) is 13.7. The fraction of sp³-hybridized carbons (Fsp3) is 0.588. The van der Waals surface area contributed by atoms with E-state index in [2.05, 4.69) is 29.3 Å². The molecule has 2 rings (SSSR count). The quantitative estimate of drug-likeness (QED) is 0.899. The summed E-state index contributed by atoms with van der Waals surface area (Å²) in [7, 11) is 1.68. The molecule has 1 aromatic rings. The van der Waals surface area contributed by atoms with Crippen LogP contribution in [0.4, 0.5) is 16.2 Å². The third-order valence-corrected chi connectivity index (χ3v) is 4.51. The van der Waals surface area contributed by atoms with Crippen molar-refractivity contribution in [3.8, 4) is 0 Å². The molecule has 0 aromatic heterocycles. The van der Waals surface area contributed by atoms with Crippen molar-refractivity contribution in [2.45, 2.75) is 32.7 Å². The van der Waals surface area contributed by atoms with Crippen molar-refractivity contribution in [2.75, 3.05) is 37.0 Å². The van der Waals surface area contributed by atoms with Gasteiger partial charge >= 0.3 is 6.03 Å². The summed E-state index contributed by atoms with van der Waals surface area (Å²) >= 11 is 0. The molecule has 22 heavy (non-hydrogen) atoms. The van der Waals surface area contributed by atoms with E-state index in [1.165, 1.54) is 23.4 Å². The molecule has 0 bridgehead atoms. The maximum atomic E-state index is 12.0. The lowest BCUT2D eigenvalue weighted by atomic mass is 9.99. The molecule has 122 valence electrons. The predicted molar refractivity (Wildman–Crippen MR) is 90.4 cm³/mol. The van der Waals surface area contributed by atoms with Crippen LogP contribution >= 0.6 is 0 Å². The average molecular weight is 305 g/mol. The third kappa shape index (κ3) is 4.13. The molecule has 1 saturated heterocycles. The van der Waals surface area contributed by atoms with Crippen LogP contribution in [0.15, 0.2) is 24.3 Å². The van der Waals surface area contributed by atoms with Gasteiger partial charge < -0.3 is 20.2 Å². The van der Waals surface area contributed by atoms with Crippen molar-refractivity contribution < 1.29 is 9.90 Å². The van der Waals surface area contributed by atoms with Gasteiger partial charge in [0.25, 0.3) is 0 Å². The largest absolute Gasteiger partial charge is 0.394 e. The molecule has 0 aliphatic carbocycles. The third-order valence-electron chi connectivity index (χ3n) is 4.51. The lowest BCUT2D eigenvalue weighted by molar-refractivity contribution is 0.166. The maximum Gasteiger partial charge on any atom is 0.321 e. The van der Waals surface area contributed by atoms with Crippen LogP contribution < -0.4 is 10.2 Å². The lowest BCUT2D eigenvalue weighted by Gasteiger charge is -2.32. The number of aliphatic hydroxyl groups excluding tert-OH is 1. The molecule has 2 amide bonds. The Morgan fingerprint density at radius 2 is 1.95 bits per heavy atom. The number of nitrogens with zero attached hydrogens (tertiary/aromatic N) is 2. The fourth-order valence-corrected chi connectivity index (χ4v) is 2.56. The van der Waals surface area contributed by atoms with Crippen molar-refractivity contribution in [2.24, 2.45) is 5.92 Å². The van der Waals surface area contributed by atoms with E-state index in [0.29, 0.717) is 0 Å². The van der Waals surface area contributed by atoms with Gasteiger partial charge in [0.15, 0.2) is 0 Å². The summed E-state index contributed by atoms with van der Waals surface area (Å²) in [5.41, 5.74) is 1.98. The molecule has 2 N–H and O–H groups in total. The number of nitrogens with one attached hydrogen (secondary N) is 1. The van der Waals surface area contributed by atoms with Gasteiger partial charge in [-0.25, -0.2) is 4.79 Å². The summed E-state index contributed by atoms with van der Waals surface area (Å²) in [5.74, 6) is 0.818. The van der Waals surface area contributed by atoms with Crippen molar-refractivity contribution >= 4 is 17.4 Å². The Morgan fingerprint density at radius 3 is 2.50 bits per heavy atom. The molecule has 1 fully saturated rings. The molecule has 1 aliphatic heterocycles. The molecule has 1 heterocycles. The number of amides is 2. The Hall–Kier alpha value is -1.75. The summed E-state index contributed by atoms with van der Waals surface area (Å²) in [5, 5.41) is 11.9. The number of hydrogen-bond acceptors (Lipinski definition) is 3. The molecular weight excluding hydrogens is 278 g/mol. The van der Waals surface area contributed by atoms with Crippen LogP contribution in [0, 0.1) is 5.92 Å². The zero-order chi connectivity index (χ0) is 16.1. The number of anilines is 2. The summed E-state index contributed by atoms with van der Waals surface area (Å²) in [6, 6.07) is 7.57. The molecular formula is C17H27N3O2. The minimum atomic E-state index is -0.207. The van der Waals surface area contributed by atoms with Gasteiger partial charge in [0.05, 0.1) is 12.6 Å². The summed E-state index contributed by atoms with van der Waals surface area (Å²) in [4.78, 5) is 15.9. The van der Waals surface area contributed by atoms with E-state index >= 15 is 0 Å². The van der Waals surface area contributed by atoms with E-state index in [9.17, 15) is 4.79 Å². The monoisotopic (exact) mass is 305 g/mol. The van der Waals surface area contributed by atoms with E-state index in [-0.39, 0.29) is 18.7 Å². The second-order valence-corrected chi connectivity index (χ2v) is 6.29. The summed E-state index contributed by atoms with van der Waals surface area (Å²) in [6.45, 7) is 6.27. The highest BCUT2D eigenvalue weighted by molar-refractivity contribution is 5.89. The van der Waals surface area contributed by atoms with Gasteiger partial charge in [0, 0.05) is 31.5 Å². The van der Waals surface area contributed by atoms with Gasteiger partial charge in [0.2, 0.25) is 0 Å². The number of aliphatic hydroxyl groups is 1. The molecule has 1 unspecified atom stereocenters. The van der Waals surface area contributed by atoms with Crippen LogP contribution in [0.25, 0.3) is 0 Å². The van der Waals surface area contributed by atoms with Crippen molar-refractivity contribution in [3.63, 3.8) is 0 Å². The van der Waals surface area contributed by atoms with Crippen LogP contribution in [0.3, 0.4) is 0 Å². The maximum absolute atomic E-state index is 12.0. The van der Waals surface area contributed by atoms with E-state index < -0.39 is 0 Å². The molecule has 5 heteroatoms. The first-order valence-corrected chi connectivity index (χ1v) is 8.01. The van der Waals surface area contributed by atoms with Crippen molar-refractivity contribution in [1.82, 2.24) is 4.90 Å². The molecule has 0 spiro atoms. The minimum absolute atomic E-state index is 0.0454. The van der Waals surface area contributed by atoms with Gasteiger partial charge in [-0.15, -0.1) is 0 Å². The number of rotatable bonds is 4. The Bertz CT molecular complexity index is 481. The Morgan fingerprint density at radius 1 is 1.36 bits per heavy atom. The molecule has 1 aliphatic rings. The highest BCUT2D eigenvalue weighted by Gasteiger charge is 2.17. The van der Waals surface area contributed by atoms with Crippen molar-refractivity contribution in [1.29, 1.82) is 0 Å². The van der Waals surface area contributed by atoms with Crippen LogP contribution in [0.1, 0.15) is 26.7 Å². The van der Waals surface area contributed by atoms with Crippen LogP contribution in [0.2, 0.25) is 0 Å². The van der Waals surface area contributed by atoms with Gasteiger partial charge in [-0.2, -0.15) is 0 Å². The van der Waals surface area contributed by atoms with Crippen LogP contribution in [0.5, 0.6) is 0 Å². The second kappa shape index (κ2) is 7.49. The Kier molecular flexibility index (Phi) is 5.66. The van der Waals surface area contributed by atoms with E-state index in [0.717, 1.165) is 24.7 Å². The number of hydrogen-bond donors (Lipinski definition) is 2. The highest BCUT2D eigenvalue weighted by atomic mass is 16.3. The van der Waals surface area contributed by atoms with Crippen LogP contribution in [-0.2, 0) is 0 Å². The molecule has 0 saturated carbocycles. The Balaban J connectivity index is 1.93.